The van der Waals surface area contributed by atoms with E-state index in [1.807, 2.05) is 30.3 Å². The number of hydrogen-bond acceptors (Lipinski definition) is 6. The van der Waals surface area contributed by atoms with Gasteiger partial charge in [-0.05, 0) is 49.2 Å². The number of methoxy groups -OCH3 is 1. The number of rotatable bonds is 6. The van der Waals surface area contributed by atoms with Gasteiger partial charge in [-0.2, -0.15) is 0 Å². The van der Waals surface area contributed by atoms with Gasteiger partial charge in [-0.3, -0.25) is 10.1 Å². The summed E-state index contributed by atoms with van der Waals surface area (Å²) in [5.74, 6) is 1.20. The Hall–Kier alpha value is -2.64. The quantitative estimate of drug-likeness (QED) is 0.692. The van der Waals surface area contributed by atoms with Crippen molar-refractivity contribution in [3.05, 3.63) is 48.0 Å². The molecular weight excluding hydrogens is 364 g/mol. The summed E-state index contributed by atoms with van der Waals surface area (Å²) in [5.41, 5.74) is 1.35. The summed E-state index contributed by atoms with van der Waals surface area (Å²) in [7, 11) is 1.62. The van der Waals surface area contributed by atoms with Gasteiger partial charge in [-0.15, -0.1) is 0 Å². The maximum atomic E-state index is 12.6. The molecule has 27 heavy (non-hydrogen) atoms. The van der Waals surface area contributed by atoms with Crippen molar-refractivity contribution in [3.8, 4) is 11.5 Å². The second-order valence-electron chi connectivity index (χ2n) is 6.28. The van der Waals surface area contributed by atoms with Gasteiger partial charge in [-0.1, -0.05) is 17.4 Å². The Morgan fingerprint density at radius 1 is 1.30 bits per heavy atom. The molecule has 1 N–H and O–H groups in total. The Kier molecular flexibility index (Phi) is 5.22. The van der Waals surface area contributed by atoms with E-state index in [4.69, 9.17) is 14.2 Å². The van der Waals surface area contributed by atoms with Crippen LogP contribution in [-0.2, 0) is 4.74 Å². The Bertz CT molecular complexity index is 950. The standard InChI is InChI=1S/C20H20N2O4S/c1-24-14-7-8-17-18(11-14)27-20(21-17)22-19(23)13-4-2-5-15(10-13)26-12-16-6-3-9-25-16/h2,4-5,7-8,10-11,16H,3,6,9,12H2,1H3,(H,21,22,23)/t16-/m0/s1. The number of anilines is 1. The van der Waals surface area contributed by atoms with Crippen LogP contribution in [0.3, 0.4) is 0 Å². The molecule has 1 aliphatic heterocycles. The third kappa shape index (κ3) is 4.20. The predicted octanol–water partition coefficient (Wildman–Crippen LogP) is 4.12. The molecule has 1 atom stereocenters. The molecule has 3 aromatic rings. The van der Waals surface area contributed by atoms with E-state index in [-0.39, 0.29) is 12.0 Å². The van der Waals surface area contributed by atoms with Gasteiger partial charge in [0.1, 0.15) is 18.1 Å². The molecule has 140 valence electrons. The molecule has 1 saturated heterocycles. The Morgan fingerprint density at radius 3 is 3.04 bits per heavy atom. The molecule has 2 heterocycles. The van der Waals surface area contributed by atoms with Crippen LogP contribution in [0.2, 0.25) is 0 Å². The first kappa shape index (κ1) is 17.8. The molecule has 0 spiro atoms. The molecule has 1 aliphatic rings. The molecule has 6 nitrogen and oxygen atoms in total. The van der Waals surface area contributed by atoms with Crippen LogP contribution >= 0.6 is 11.3 Å². The average Bonchev–Trinajstić information content (AvgIpc) is 3.35. The monoisotopic (exact) mass is 384 g/mol. The number of thiazole rings is 1. The molecular formula is C20H20N2O4S. The lowest BCUT2D eigenvalue weighted by Crippen LogP contribution is -2.16. The van der Waals surface area contributed by atoms with Gasteiger partial charge in [0.2, 0.25) is 0 Å². The van der Waals surface area contributed by atoms with Crippen LogP contribution in [0.15, 0.2) is 42.5 Å². The normalized spacial score (nSPS) is 16.4. The fourth-order valence-corrected chi connectivity index (χ4v) is 3.84. The second kappa shape index (κ2) is 7.94. The zero-order valence-electron chi connectivity index (χ0n) is 14.9. The van der Waals surface area contributed by atoms with Gasteiger partial charge in [0.05, 0.1) is 23.4 Å². The van der Waals surface area contributed by atoms with Gasteiger partial charge in [0.25, 0.3) is 5.91 Å². The zero-order valence-corrected chi connectivity index (χ0v) is 15.8. The minimum Gasteiger partial charge on any atom is -0.497 e. The van der Waals surface area contributed by atoms with Gasteiger partial charge in [0, 0.05) is 12.2 Å². The fourth-order valence-electron chi connectivity index (χ4n) is 2.95. The number of nitrogens with one attached hydrogen (secondary N) is 1. The van der Waals surface area contributed by atoms with Gasteiger partial charge in [0.15, 0.2) is 5.13 Å². The molecule has 0 saturated carbocycles. The zero-order chi connectivity index (χ0) is 18.6. The number of carbonyl (C=O) groups excluding carboxylic acids is 1. The van der Waals surface area contributed by atoms with Crippen LogP contribution in [-0.4, -0.2) is 37.3 Å². The Morgan fingerprint density at radius 2 is 2.22 bits per heavy atom. The van der Waals surface area contributed by atoms with Crippen molar-refractivity contribution in [2.24, 2.45) is 0 Å². The Labute approximate surface area is 161 Å². The summed E-state index contributed by atoms with van der Waals surface area (Å²) in [5, 5.41) is 3.41. The molecule has 4 rings (SSSR count). The molecule has 1 fully saturated rings. The van der Waals surface area contributed by atoms with Crippen LogP contribution in [0, 0.1) is 0 Å². The highest BCUT2D eigenvalue weighted by molar-refractivity contribution is 7.22. The highest BCUT2D eigenvalue weighted by atomic mass is 32.1. The minimum atomic E-state index is -0.219. The van der Waals surface area contributed by atoms with Crippen LogP contribution in [0.5, 0.6) is 11.5 Å². The molecule has 2 aromatic carbocycles. The maximum Gasteiger partial charge on any atom is 0.257 e. The third-order valence-corrected chi connectivity index (χ3v) is 5.31. The number of benzene rings is 2. The summed E-state index contributed by atoms with van der Waals surface area (Å²) in [6, 6.07) is 12.8. The summed E-state index contributed by atoms with van der Waals surface area (Å²) >= 11 is 1.41. The lowest BCUT2D eigenvalue weighted by Gasteiger charge is -2.12. The smallest absolute Gasteiger partial charge is 0.257 e. The number of aromatic nitrogens is 1. The van der Waals surface area contributed by atoms with Gasteiger partial charge < -0.3 is 14.2 Å². The average molecular weight is 384 g/mol. The summed E-state index contributed by atoms with van der Waals surface area (Å²) < 4.78 is 17.5. The summed E-state index contributed by atoms with van der Waals surface area (Å²) in [4.78, 5) is 17.0. The molecule has 1 aromatic heterocycles. The first-order valence-electron chi connectivity index (χ1n) is 8.82. The van der Waals surface area contributed by atoms with E-state index in [2.05, 4.69) is 10.3 Å². The third-order valence-electron chi connectivity index (χ3n) is 4.37. The number of ether oxygens (including phenoxy) is 3. The maximum absolute atomic E-state index is 12.6. The van der Waals surface area contributed by atoms with E-state index in [9.17, 15) is 4.79 Å². The van der Waals surface area contributed by atoms with E-state index in [1.54, 1.807) is 19.2 Å². The topological polar surface area (TPSA) is 69.7 Å². The van der Waals surface area contributed by atoms with Crippen molar-refractivity contribution in [1.82, 2.24) is 4.98 Å². The molecule has 7 heteroatoms. The number of nitrogens with zero attached hydrogens (tertiary/aromatic N) is 1. The second-order valence-corrected chi connectivity index (χ2v) is 7.31. The van der Waals surface area contributed by atoms with E-state index in [0.29, 0.717) is 23.1 Å². The van der Waals surface area contributed by atoms with Crippen molar-refractivity contribution in [1.29, 1.82) is 0 Å². The first-order valence-corrected chi connectivity index (χ1v) is 9.63. The highest BCUT2D eigenvalue weighted by Crippen LogP contribution is 2.29. The number of hydrogen-bond donors (Lipinski definition) is 1. The minimum absolute atomic E-state index is 0.141. The van der Waals surface area contributed by atoms with Crippen LogP contribution in [0.1, 0.15) is 23.2 Å². The number of amides is 1. The first-order chi connectivity index (χ1) is 13.2. The molecule has 0 radical (unpaired) electrons. The molecule has 1 amide bonds. The largest absolute Gasteiger partial charge is 0.497 e. The van der Waals surface area contributed by atoms with E-state index >= 15 is 0 Å². The SMILES string of the molecule is COc1ccc2nc(NC(=O)c3cccc(OC[C@@H]4CCCO4)c3)sc2c1. The summed E-state index contributed by atoms with van der Waals surface area (Å²) in [6.07, 6.45) is 2.23. The molecule has 0 bridgehead atoms. The van der Waals surface area contributed by atoms with Crippen molar-refractivity contribution < 1.29 is 19.0 Å². The van der Waals surface area contributed by atoms with Crippen LogP contribution in [0.4, 0.5) is 5.13 Å². The molecule has 0 aliphatic carbocycles. The molecule has 0 unspecified atom stereocenters. The van der Waals surface area contributed by atoms with Crippen LogP contribution in [0.25, 0.3) is 10.2 Å². The predicted molar refractivity (Wildman–Crippen MR) is 105 cm³/mol. The highest BCUT2D eigenvalue weighted by Gasteiger charge is 2.16. The lowest BCUT2D eigenvalue weighted by atomic mass is 10.2. The van der Waals surface area contributed by atoms with Gasteiger partial charge in [-0.25, -0.2) is 4.98 Å². The van der Waals surface area contributed by atoms with Crippen LogP contribution < -0.4 is 14.8 Å². The van der Waals surface area contributed by atoms with Crippen molar-refractivity contribution in [3.63, 3.8) is 0 Å². The van der Waals surface area contributed by atoms with E-state index < -0.39 is 0 Å². The number of fused-ring (bicyclic) bond motifs is 1. The van der Waals surface area contributed by atoms with Crippen molar-refractivity contribution >= 4 is 32.6 Å². The number of carbonyl (C=O) groups is 1. The van der Waals surface area contributed by atoms with E-state index in [1.165, 1.54) is 11.3 Å². The lowest BCUT2D eigenvalue weighted by molar-refractivity contribution is 0.0679. The van der Waals surface area contributed by atoms with Gasteiger partial charge >= 0.3 is 0 Å². The fraction of sp³-hybridized carbons (Fsp3) is 0.300. The van der Waals surface area contributed by atoms with Crippen molar-refractivity contribution in [2.75, 3.05) is 25.6 Å². The Balaban J connectivity index is 1.43. The van der Waals surface area contributed by atoms with Crippen molar-refractivity contribution in [2.45, 2.75) is 18.9 Å². The van der Waals surface area contributed by atoms with E-state index in [0.717, 1.165) is 35.4 Å². The summed E-state index contributed by atoms with van der Waals surface area (Å²) in [6.45, 7) is 1.30.